The van der Waals surface area contributed by atoms with Gasteiger partial charge in [-0.15, -0.1) is 13.2 Å². The van der Waals surface area contributed by atoms with Crippen molar-refractivity contribution in [2.24, 2.45) is 0 Å². The predicted octanol–water partition coefficient (Wildman–Crippen LogP) is 11.6. The summed E-state index contributed by atoms with van der Waals surface area (Å²) >= 11 is 0. The Bertz CT molecular complexity index is 2440. The molecule has 9 rings (SSSR count). The fourth-order valence-corrected chi connectivity index (χ4v) is 8.29. The average molecular weight is 717 g/mol. The molecule has 0 aromatic heterocycles. The van der Waals surface area contributed by atoms with Crippen LogP contribution in [0, 0.1) is 0 Å². The van der Waals surface area contributed by atoms with Crippen LogP contribution in [0.25, 0.3) is 21.5 Å². The molecule has 0 bridgehead atoms. The average Bonchev–Trinajstić information content (AvgIpc) is 3.12. The molecule has 54 heavy (non-hydrogen) atoms. The highest BCUT2D eigenvalue weighted by atomic mass is 19.4. The SMILES string of the molecule is CC(C)(C)c1ccc2cc3c(cc2c1)N(c1ccccc1)c1cc(OC(F)(F)F)cc2c1B3c1cc3ccc(C(C)(C)C)cc3cc1N2c1ccccc1. The monoisotopic (exact) mass is 716 g/mol. The summed E-state index contributed by atoms with van der Waals surface area (Å²) in [5.74, 6) is -0.268. The predicted molar refractivity (Wildman–Crippen MR) is 220 cm³/mol. The Balaban J connectivity index is 1.42. The third-order valence-electron chi connectivity index (χ3n) is 11.0. The van der Waals surface area contributed by atoms with Crippen molar-refractivity contribution in [3.05, 3.63) is 145 Å². The Hall–Kier alpha value is -5.69. The van der Waals surface area contributed by atoms with Crippen LogP contribution in [0.15, 0.2) is 133 Å². The normalized spacial score (nSPS) is 13.9. The largest absolute Gasteiger partial charge is 0.573 e. The molecule has 0 atom stereocenters. The molecule has 7 aromatic rings. The summed E-state index contributed by atoms with van der Waals surface area (Å²) in [4.78, 5) is 4.23. The molecule has 2 heterocycles. The van der Waals surface area contributed by atoms with Crippen molar-refractivity contribution in [1.29, 1.82) is 0 Å². The number of para-hydroxylation sites is 2. The van der Waals surface area contributed by atoms with Gasteiger partial charge < -0.3 is 14.5 Å². The molecule has 268 valence electrons. The zero-order chi connectivity index (χ0) is 37.7. The van der Waals surface area contributed by atoms with Crippen molar-refractivity contribution in [1.82, 2.24) is 0 Å². The van der Waals surface area contributed by atoms with E-state index in [1.54, 1.807) is 12.1 Å². The first-order chi connectivity index (χ1) is 25.6. The highest BCUT2D eigenvalue weighted by molar-refractivity contribution is 7.00. The molecule has 0 saturated heterocycles. The number of rotatable bonds is 3. The highest BCUT2D eigenvalue weighted by Gasteiger charge is 2.45. The number of anilines is 6. The molecule has 0 unspecified atom stereocenters. The zero-order valence-electron chi connectivity index (χ0n) is 31.2. The summed E-state index contributed by atoms with van der Waals surface area (Å²) in [7, 11) is 0. The summed E-state index contributed by atoms with van der Waals surface area (Å²) in [6.07, 6.45) is -4.88. The molecule has 0 radical (unpaired) electrons. The smallest absolute Gasteiger partial charge is 0.406 e. The second kappa shape index (κ2) is 11.9. The van der Waals surface area contributed by atoms with Gasteiger partial charge in [0.25, 0.3) is 6.71 Å². The molecule has 2 aliphatic rings. The van der Waals surface area contributed by atoms with Gasteiger partial charge in [0, 0.05) is 46.3 Å². The van der Waals surface area contributed by atoms with Crippen LogP contribution in [0.5, 0.6) is 5.75 Å². The second-order valence-corrected chi connectivity index (χ2v) is 16.6. The summed E-state index contributed by atoms with van der Waals surface area (Å²) in [6, 6.07) is 45.3. The van der Waals surface area contributed by atoms with E-state index in [1.165, 1.54) is 11.1 Å². The molecule has 0 amide bonds. The standard InChI is InChI=1S/C47H40BF3N2O/c1-45(2,3)33-19-17-29-23-38-40(25-31(29)21-33)52(35-13-9-7-10-14-35)42-27-37(54-47(49,50)51)28-43-44(42)48(38)39-24-30-18-20-34(46(4,5)6)22-32(30)26-41(39)53(43)36-15-11-8-12-16-36/h7-28H,1-6H3. The van der Waals surface area contributed by atoms with Crippen LogP contribution >= 0.6 is 0 Å². The molecule has 2 aliphatic heterocycles. The molecule has 7 aromatic carbocycles. The van der Waals surface area contributed by atoms with E-state index in [2.05, 4.69) is 112 Å². The number of hydrogen-bond donors (Lipinski definition) is 0. The van der Waals surface area contributed by atoms with E-state index < -0.39 is 6.36 Å². The number of nitrogens with zero attached hydrogens (tertiary/aromatic N) is 2. The van der Waals surface area contributed by atoms with E-state index >= 15 is 0 Å². The second-order valence-electron chi connectivity index (χ2n) is 16.6. The van der Waals surface area contributed by atoms with E-state index in [0.29, 0.717) is 11.4 Å². The van der Waals surface area contributed by atoms with E-state index in [-0.39, 0.29) is 23.3 Å². The van der Waals surface area contributed by atoms with Gasteiger partial charge in [-0.1, -0.05) is 126 Å². The van der Waals surface area contributed by atoms with Gasteiger partial charge in [-0.3, -0.25) is 0 Å². The third kappa shape index (κ3) is 5.69. The van der Waals surface area contributed by atoms with Gasteiger partial charge in [-0.2, -0.15) is 0 Å². The van der Waals surface area contributed by atoms with E-state index in [0.717, 1.165) is 60.7 Å². The van der Waals surface area contributed by atoms with Gasteiger partial charge in [0.15, 0.2) is 0 Å². The minimum absolute atomic E-state index is 0.0638. The van der Waals surface area contributed by atoms with Crippen LogP contribution in [-0.2, 0) is 10.8 Å². The Morgan fingerprint density at radius 2 is 0.889 bits per heavy atom. The van der Waals surface area contributed by atoms with E-state index in [9.17, 15) is 13.2 Å². The molecule has 0 aliphatic carbocycles. The van der Waals surface area contributed by atoms with Crippen LogP contribution in [0.1, 0.15) is 52.7 Å². The summed E-state index contributed by atoms with van der Waals surface area (Å²) in [5.41, 5.74) is 10.2. The lowest BCUT2D eigenvalue weighted by molar-refractivity contribution is -0.274. The third-order valence-corrected chi connectivity index (χ3v) is 11.0. The first-order valence-electron chi connectivity index (χ1n) is 18.4. The number of fused-ring (bicyclic) bond motifs is 6. The molecular weight excluding hydrogens is 676 g/mol. The van der Waals surface area contributed by atoms with Crippen LogP contribution < -0.4 is 30.9 Å². The highest BCUT2D eigenvalue weighted by Crippen LogP contribution is 2.47. The van der Waals surface area contributed by atoms with Crippen molar-refractivity contribution >= 4 is 78.8 Å². The summed E-state index contributed by atoms with van der Waals surface area (Å²) in [6.45, 7) is 12.9. The molecule has 0 saturated carbocycles. The summed E-state index contributed by atoms with van der Waals surface area (Å²) in [5, 5.41) is 4.37. The number of hydrogen-bond acceptors (Lipinski definition) is 3. The fraction of sp³-hybridized carbons (Fsp3) is 0.191. The lowest BCUT2D eigenvalue weighted by Gasteiger charge is -2.44. The molecule has 0 spiro atoms. The first-order valence-corrected chi connectivity index (χ1v) is 18.4. The fourth-order valence-electron chi connectivity index (χ4n) is 8.29. The first kappa shape index (κ1) is 34.1. The molecule has 3 nitrogen and oxygen atoms in total. The number of ether oxygens (including phenoxy) is 1. The van der Waals surface area contributed by atoms with Gasteiger partial charge in [0.05, 0.1) is 0 Å². The van der Waals surface area contributed by atoms with Gasteiger partial charge in [-0.25, -0.2) is 0 Å². The maximum absolute atomic E-state index is 14.2. The van der Waals surface area contributed by atoms with E-state index in [4.69, 9.17) is 4.74 Å². The Morgan fingerprint density at radius 3 is 1.28 bits per heavy atom. The Morgan fingerprint density at radius 1 is 0.463 bits per heavy atom. The van der Waals surface area contributed by atoms with Crippen LogP contribution in [0.4, 0.5) is 47.3 Å². The minimum atomic E-state index is -4.88. The van der Waals surface area contributed by atoms with Gasteiger partial charge in [-0.05, 0) is 96.3 Å². The van der Waals surface area contributed by atoms with Gasteiger partial charge in [0.1, 0.15) is 5.75 Å². The van der Waals surface area contributed by atoms with Crippen molar-refractivity contribution in [3.63, 3.8) is 0 Å². The quantitative estimate of drug-likeness (QED) is 0.169. The van der Waals surface area contributed by atoms with Gasteiger partial charge >= 0.3 is 6.36 Å². The maximum Gasteiger partial charge on any atom is 0.573 e. The topological polar surface area (TPSA) is 15.7 Å². The lowest BCUT2D eigenvalue weighted by Crippen LogP contribution is -2.61. The molecule has 0 fully saturated rings. The van der Waals surface area contributed by atoms with E-state index in [1.807, 2.05) is 60.7 Å². The van der Waals surface area contributed by atoms with Crippen molar-refractivity contribution in [3.8, 4) is 5.75 Å². The summed E-state index contributed by atoms with van der Waals surface area (Å²) < 4.78 is 47.4. The number of halogens is 3. The van der Waals surface area contributed by atoms with Crippen molar-refractivity contribution in [2.45, 2.75) is 58.7 Å². The minimum Gasteiger partial charge on any atom is -0.406 e. The zero-order valence-corrected chi connectivity index (χ0v) is 31.2. The van der Waals surface area contributed by atoms with Gasteiger partial charge in [0.2, 0.25) is 0 Å². The van der Waals surface area contributed by atoms with Crippen LogP contribution in [-0.4, -0.2) is 13.1 Å². The number of benzene rings is 7. The Labute approximate surface area is 314 Å². The molecule has 7 heteroatoms. The van der Waals surface area contributed by atoms with Crippen molar-refractivity contribution in [2.75, 3.05) is 9.80 Å². The molecule has 0 N–H and O–H groups in total. The van der Waals surface area contributed by atoms with Crippen LogP contribution in [0.2, 0.25) is 0 Å². The lowest BCUT2D eigenvalue weighted by atomic mass is 9.33. The molecular formula is C47H40BF3N2O. The van der Waals surface area contributed by atoms with Crippen LogP contribution in [0.3, 0.4) is 0 Å². The number of alkyl halides is 3. The maximum atomic E-state index is 14.2. The Kier molecular flexibility index (Phi) is 7.52. The van der Waals surface area contributed by atoms with Crippen molar-refractivity contribution < 1.29 is 17.9 Å².